The van der Waals surface area contributed by atoms with E-state index in [2.05, 4.69) is 15.3 Å². The Kier molecular flexibility index (Phi) is 6.29. The standard InChI is InChI=1S/C15H18N4O3S2/c1-11(23-15-18-8-2-9-19-15)14(20)17-10-7-12-3-5-13(6-4-12)24(16,21)22/h2-6,8-9,11H,7,10H2,1H3,(H,17,20)(H2,16,21,22)/t11-/m1/s1. The van der Waals surface area contributed by atoms with Gasteiger partial charge < -0.3 is 5.32 Å². The fourth-order valence-electron chi connectivity index (χ4n) is 1.88. The number of carbonyl (C=O) groups is 1. The molecule has 0 spiro atoms. The zero-order valence-electron chi connectivity index (χ0n) is 13.0. The van der Waals surface area contributed by atoms with Gasteiger partial charge in [0.15, 0.2) is 5.16 Å². The Balaban J connectivity index is 1.80. The second-order valence-corrected chi connectivity index (χ2v) is 7.89. The number of hydrogen-bond donors (Lipinski definition) is 2. The molecule has 1 heterocycles. The van der Waals surface area contributed by atoms with Crippen LogP contribution in [0.3, 0.4) is 0 Å². The number of hydrogen-bond acceptors (Lipinski definition) is 6. The highest BCUT2D eigenvalue weighted by molar-refractivity contribution is 8.00. The van der Waals surface area contributed by atoms with Crippen LogP contribution >= 0.6 is 11.8 Å². The first-order valence-electron chi connectivity index (χ1n) is 7.19. The summed E-state index contributed by atoms with van der Waals surface area (Å²) in [6, 6.07) is 8.00. The Morgan fingerprint density at radius 1 is 1.25 bits per heavy atom. The van der Waals surface area contributed by atoms with Crippen LogP contribution in [-0.2, 0) is 21.2 Å². The summed E-state index contributed by atoms with van der Waals surface area (Å²) in [4.78, 5) is 20.3. The molecule has 0 aliphatic rings. The number of thioether (sulfide) groups is 1. The van der Waals surface area contributed by atoms with Crippen LogP contribution in [0.25, 0.3) is 0 Å². The highest BCUT2D eigenvalue weighted by Gasteiger charge is 2.15. The second-order valence-electron chi connectivity index (χ2n) is 5.02. The van der Waals surface area contributed by atoms with Gasteiger partial charge in [-0.05, 0) is 37.1 Å². The van der Waals surface area contributed by atoms with E-state index in [1.165, 1.54) is 23.9 Å². The van der Waals surface area contributed by atoms with Gasteiger partial charge in [-0.2, -0.15) is 0 Å². The minimum absolute atomic E-state index is 0.0724. The Morgan fingerprint density at radius 3 is 2.46 bits per heavy atom. The number of nitrogens with one attached hydrogen (secondary N) is 1. The first kappa shape index (κ1) is 18.4. The smallest absolute Gasteiger partial charge is 0.238 e. The summed E-state index contributed by atoms with van der Waals surface area (Å²) in [6.45, 7) is 2.24. The Bertz CT molecular complexity index is 780. The maximum atomic E-state index is 12.0. The maximum Gasteiger partial charge on any atom is 0.238 e. The molecular formula is C15H18N4O3S2. The zero-order chi connectivity index (χ0) is 17.6. The van der Waals surface area contributed by atoms with Gasteiger partial charge in [0.25, 0.3) is 0 Å². The Hall–Kier alpha value is -1.97. The van der Waals surface area contributed by atoms with Crippen LogP contribution in [0, 0.1) is 0 Å². The van der Waals surface area contributed by atoms with Crippen LogP contribution in [0.5, 0.6) is 0 Å². The van der Waals surface area contributed by atoms with Crippen LogP contribution in [0.2, 0.25) is 0 Å². The second kappa shape index (κ2) is 8.22. The third kappa shape index (κ3) is 5.59. The van der Waals surface area contributed by atoms with Gasteiger partial charge in [0.1, 0.15) is 0 Å². The van der Waals surface area contributed by atoms with E-state index in [9.17, 15) is 13.2 Å². The topological polar surface area (TPSA) is 115 Å². The molecule has 2 aromatic rings. The molecule has 0 bridgehead atoms. The number of aromatic nitrogens is 2. The van der Waals surface area contributed by atoms with Crippen LogP contribution in [0.4, 0.5) is 0 Å². The van der Waals surface area contributed by atoms with E-state index in [4.69, 9.17) is 5.14 Å². The number of sulfonamides is 1. The summed E-state index contributed by atoms with van der Waals surface area (Å²) in [7, 11) is -3.68. The van der Waals surface area contributed by atoms with Crippen molar-refractivity contribution in [1.82, 2.24) is 15.3 Å². The number of primary sulfonamides is 1. The predicted octanol–water partition coefficient (Wildman–Crippen LogP) is 0.964. The van der Waals surface area contributed by atoms with E-state index < -0.39 is 10.0 Å². The van der Waals surface area contributed by atoms with Gasteiger partial charge in [-0.25, -0.2) is 23.5 Å². The Labute approximate surface area is 145 Å². The number of carbonyl (C=O) groups excluding carboxylic acids is 1. The quantitative estimate of drug-likeness (QED) is 0.557. The molecule has 7 nitrogen and oxygen atoms in total. The molecule has 0 radical (unpaired) electrons. The molecule has 0 aliphatic carbocycles. The Morgan fingerprint density at radius 2 is 1.88 bits per heavy atom. The lowest BCUT2D eigenvalue weighted by Crippen LogP contribution is -2.32. The van der Waals surface area contributed by atoms with Gasteiger partial charge in [0.2, 0.25) is 15.9 Å². The summed E-state index contributed by atoms with van der Waals surface area (Å²) in [5.41, 5.74) is 0.911. The van der Waals surface area contributed by atoms with Crippen molar-refractivity contribution >= 4 is 27.7 Å². The molecule has 128 valence electrons. The maximum absolute atomic E-state index is 12.0. The first-order valence-corrected chi connectivity index (χ1v) is 9.62. The van der Waals surface area contributed by atoms with Crippen LogP contribution < -0.4 is 10.5 Å². The zero-order valence-corrected chi connectivity index (χ0v) is 14.7. The molecule has 24 heavy (non-hydrogen) atoms. The molecule has 0 saturated heterocycles. The average Bonchev–Trinajstić information content (AvgIpc) is 2.55. The van der Waals surface area contributed by atoms with Crippen molar-refractivity contribution in [2.45, 2.75) is 28.6 Å². The molecule has 0 fully saturated rings. The normalized spacial score (nSPS) is 12.6. The number of benzene rings is 1. The van der Waals surface area contributed by atoms with Gasteiger partial charge >= 0.3 is 0 Å². The third-order valence-corrected chi connectivity index (χ3v) is 5.08. The summed E-state index contributed by atoms with van der Waals surface area (Å²) in [5, 5.41) is 8.13. The molecule has 1 amide bonds. The fraction of sp³-hybridized carbons (Fsp3) is 0.267. The van der Waals surface area contributed by atoms with Gasteiger partial charge in [-0.3, -0.25) is 4.79 Å². The molecule has 0 unspecified atom stereocenters. The monoisotopic (exact) mass is 366 g/mol. The van der Waals surface area contributed by atoms with Gasteiger partial charge in [0, 0.05) is 18.9 Å². The summed E-state index contributed by atoms with van der Waals surface area (Å²) in [6.07, 6.45) is 3.85. The van der Waals surface area contributed by atoms with Crippen LogP contribution in [0.15, 0.2) is 52.8 Å². The lowest BCUT2D eigenvalue weighted by atomic mass is 10.1. The average molecular weight is 366 g/mol. The van der Waals surface area contributed by atoms with E-state index >= 15 is 0 Å². The number of nitrogens with zero attached hydrogens (tertiary/aromatic N) is 2. The van der Waals surface area contributed by atoms with Crippen molar-refractivity contribution in [3.05, 3.63) is 48.3 Å². The molecule has 0 saturated carbocycles. The predicted molar refractivity (Wildman–Crippen MR) is 91.9 cm³/mol. The minimum Gasteiger partial charge on any atom is -0.355 e. The van der Waals surface area contributed by atoms with Crippen molar-refractivity contribution < 1.29 is 13.2 Å². The highest BCUT2D eigenvalue weighted by atomic mass is 32.2. The summed E-state index contributed by atoms with van der Waals surface area (Å²) < 4.78 is 22.4. The molecule has 0 aliphatic heterocycles. The minimum atomic E-state index is -3.68. The molecule has 1 aromatic carbocycles. The van der Waals surface area contributed by atoms with Crippen molar-refractivity contribution in [2.75, 3.05) is 6.54 Å². The van der Waals surface area contributed by atoms with Crippen molar-refractivity contribution in [2.24, 2.45) is 5.14 Å². The SMILES string of the molecule is C[C@@H](Sc1ncccn1)C(=O)NCCc1ccc(S(N)(=O)=O)cc1. The lowest BCUT2D eigenvalue weighted by Gasteiger charge is -2.11. The van der Waals surface area contributed by atoms with Crippen molar-refractivity contribution in [3.8, 4) is 0 Å². The van der Waals surface area contributed by atoms with Crippen LogP contribution in [-0.4, -0.2) is 36.1 Å². The lowest BCUT2D eigenvalue weighted by molar-refractivity contribution is -0.120. The molecular weight excluding hydrogens is 348 g/mol. The molecule has 9 heteroatoms. The molecule has 1 atom stereocenters. The number of rotatable bonds is 7. The van der Waals surface area contributed by atoms with E-state index in [1.807, 2.05) is 0 Å². The van der Waals surface area contributed by atoms with Crippen molar-refractivity contribution in [1.29, 1.82) is 0 Å². The van der Waals surface area contributed by atoms with Gasteiger partial charge in [-0.1, -0.05) is 23.9 Å². The van der Waals surface area contributed by atoms with Gasteiger partial charge in [-0.15, -0.1) is 0 Å². The third-order valence-electron chi connectivity index (χ3n) is 3.16. The summed E-state index contributed by atoms with van der Waals surface area (Å²) >= 11 is 1.29. The number of amides is 1. The van der Waals surface area contributed by atoms with Crippen molar-refractivity contribution in [3.63, 3.8) is 0 Å². The van der Waals surface area contributed by atoms with E-state index in [1.54, 1.807) is 37.5 Å². The molecule has 3 N–H and O–H groups in total. The van der Waals surface area contributed by atoms with Crippen LogP contribution in [0.1, 0.15) is 12.5 Å². The van der Waals surface area contributed by atoms with E-state index in [0.717, 1.165) is 5.56 Å². The number of nitrogens with two attached hydrogens (primary N) is 1. The molecule has 1 aromatic heterocycles. The highest BCUT2D eigenvalue weighted by Crippen LogP contribution is 2.18. The summed E-state index contributed by atoms with van der Waals surface area (Å²) in [5.74, 6) is -0.103. The largest absolute Gasteiger partial charge is 0.355 e. The van der Waals surface area contributed by atoms with E-state index in [-0.39, 0.29) is 16.1 Å². The van der Waals surface area contributed by atoms with Gasteiger partial charge in [0.05, 0.1) is 10.1 Å². The fourth-order valence-corrected chi connectivity index (χ4v) is 3.14. The van der Waals surface area contributed by atoms with E-state index in [0.29, 0.717) is 18.1 Å². The molecule has 2 rings (SSSR count). The first-order chi connectivity index (χ1) is 11.4.